The first-order chi connectivity index (χ1) is 13.1. The van der Waals surface area contributed by atoms with Gasteiger partial charge in [0.05, 0.1) is 28.3 Å². The lowest BCUT2D eigenvalue weighted by atomic mass is 10.2. The van der Waals surface area contributed by atoms with Gasteiger partial charge < -0.3 is 14.2 Å². The molecule has 28 heavy (non-hydrogen) atoms. The van der Waals surface area contributed by atoms with Crippen LogP contribution in [-0.2, 0) is 9.47 Å². The maximum absolute atomic E-state index is 13.7. The normalized spacial score (nSPS) is 17.6. The third-order valence-corrected chi connectivity index (χ3v) is 5.47. The number of benzene rings is 1. The van der Waals surface area contributed by atoms with Crippen molar-refractivity contribution in [2.75, 3.05) is 26.4 Å². The number of nitrogens with zero attached hydrogens (tertiary/aromatic N) is 2. The first-order valence-corrected chi connectivity index (χ1v) is 10.7. The molecule has 1 fully saturated rings. The molecule has 0 aliphatic carbocycles. The fourth-order valence-corrected chi connectivity index (χ4v) is 3.91. The Kier molecular flexibility index (Phi) is 6.65. The number of carbonyl (C=O) groups excluding carboxylic acids is 1. The minimum Gasteiger partial charge on any atom is -0.475 e. The van der Waals surface area contributed by atoms with Gasteiger partial charge in [0.15, 0.2) is 0 Å². The van der Waals surface area contributed by atoms with Crippen molar-refractivity contribution in [2.45, 2.75) is 32.4 Å². The minimum absolute atomic E-state index is 0.199. The molecule has 3 rings (SSSR count). The van der Waals surface area contributed by atoms with Crippen LogP contribution >= 0.6 is 38.5 Å². The molecular weight excluding hydrogens is 546 g/mol. The number of hydrogen-bond acceptors (Lipinski definition) is 5. The molecule has 1 atom stereocenters. The fraction of sp³-hybridized carbons (Fsp3) is 0.474. The largest absolute Gasteiger partial charge is 0.475 e. The zero-order chi connectivity index (χ0) is 20.5. The highest BCUT2D eigenvalue weighted by Gasteiger charge is 2.31. The number of carbonyl (C=O) groups is 1. The van der Waals surface area contributed by atoms with E-state index in [9.17, 15) is 9.18 Å². The molecular formula is C19H21BrFIN2O4. The van der Waals surface area contributed by atoms with Gasteiger partial charge in [-0.1, -0.05) is 0 Å². The predicted molar refractivity (Wildman–Crippen MR) is 115 cm³/mol. The lowest BCUT2D eigenvalue weighted by Crippen LogP contribution is -2.52. The zero-order valence-corrected chi connectivity index (χ0v) is 19.5. The van der Waals surface area contributed by atoms with Crippen molar-refractivity contribution in [1.29, 1.82) is 0 Å². The van der Waals surface area contributed by atoms with Crippen molar-refractivity contribution in [1.82, 2.24) is 9.88 Å². The predicted octanol–water partition coefficient (Wildman–Crippen LogP) is 4.76. The van der Waals surface area contributed by atoms with Crippen molar-refractivity contribution < 1.29 is 23.4 Å². The molecule has 2 heterocycles. The number of hydrogen-bond donors (Lipinski definition) is 0. The van der Waals surface area contributed by atoms with Crippen LogP contribution in [-0.4, -0.2) is 54.0 Å². The molecule has 1 aromatic carbocycles. The van der Waals surface area contributed by atoms with Crippen LogP contribution in [0.1, 0.15) is 20.8 Å². The van der Waals surface area contributed by atoms with Crippen LogP contribution in [0, 0.1) is 9.39 Å². The third kappa shape index (κ3) is 5.24. The van der Waals surface area contributed by atoms with E-state index in [1.807, 2.05) is 26.8 Å². The highest BCUT2D eigenvalue weighted by molar-refractivity contribution is 14.1. The van der Waals surface area contributed by atoms with Gasteiger partial charge >= 0.3 is 6.09 Å². The average Bonchev–Trinajstić information content (AvgIpc) is 2.59. The van der Waals surface area contributed by atoms with Crippen LogP contribution in [0.2, 0.25) is 0 Å². The topological polar surface area (TPSA) is 60.9 Å². The molecule has 1 aliphatic rings. The molecule has 0 saturated carbocycles. The second kappa shape index (κ2) is 8.66. The van der Waals surface area contributed by atoms with Crippen molar-refractivity contribution in [3.63, 3.8) is 0 Å². The Morgan fingerprint density at radius 2 is 2.18 bits per heavy atom. The minimum atomic E-state index is -0.576. The van der Waals surface area contributed by atoms with Gasteiger partial charge in [-0.15, -0.1) is 0 Å². The molecule has 1 aromatic heterocycles. The number of rotatable bonds is 3. The molecule has 2 aromatic rings. The first kappa shape index (κ1) is 21.5. The van der Waals surface area contributed by atoms with E-state index >= 15 is 0 Å². The van der Waals surface area contributed by atoms with E-state index in [0.717, 1.165) is 8.96 Å². The highest BCUT2D eigenvalue weighted by atomic mass is 127. The van der Waals surface area contributed by atoms with Crippen molar-refractivity contribution in [2.24, 2.45) is 0 Å². The molecule has 0 unspecified atom stereocenters. The summed E-state index contributed by atoms with van der Waals surface area (Å²) in [7, 11) is 0. The van der Waals surface area contributed by atoms with Gasteiger partial charge in [0.2, 0.25) is 5.88 Å². The van der Waals surface area contributed by atoms with Gasteiger partial charge in [-0.3, -0.25) is 4.90 Å². The van der Waals surface area contributed by atoms with Gasteiger partial charge in [-0.25, -0.2) is 14.2 Å². The van der Waals surface area contributed by atoms with Gasteiger partial charge in [0.1, 0.15) is 18.0 Å². The maximum atomic E-state index is 13.7. The Morgan fingerprint density at radius 3 is 2.89 bits per heavy atom. The summed E-state index contributed by atoms with van der Waals surface area (Å²) < 4.78 is 32.0. The second-order valence-corrected chi connectivity index (χ2v) is 9.46. The number of ether oxygens (including phenoxy) is 3. The van der Waals surface area contributed by atoms with E-state index in [0.29, 0.717) is 35.6 Å². The highest BCUT2D eigenvalue weighted by Crippen LogP contribution is 2.30. The Hall–Kier alpha value is -1.20. The molecule has 0 N–H and O–H groups in total. The summed E-state index contributed by atoms with van der Waals surface area (Å²) in [5, 5.41) is 0.800. The number of morpholine rings is 1. The van der Waals surface area contributed by atoms with E-state index < -0.39 is 11.7 Å². The standard InChI is InChI=1S/C19H21BrFIN2O4/c1-19(2,3)28-18(25)24-4-5-26-9-12(24)10-27-17-15(22)8-13-14(20)6-11(21)7-16(13)23-17/h6-8,12H,4-5,9-10H2,1-3H3/t12-/m1/s1. The molecule has 0 radical (unpaired) electrons. The van der Waals surface area contributed by atoms with Gasteiger partial charge in [-0.2, -0.15) is 0 Å². The van der Waals surface area contributed by atoms with Crippen LogP contribution < -0.4 is 4.74 Å². The zero-order valence-electron chi connectivity index (χ0n) is 15.8. The average molecular weight is 567 g/mol. The molecule has 0 spiro atoms. The number of amides is 1. The lowest BCUT2D eigenvalue weighted by molar-refractivity contribution is -0.0422. The fourth-order valence-electron chi connectivity index (χ4n) is 2.79. The van der Waals surface area contributed by atoms with E-state index in [1.165, 1.54) is 12.1 Å². The molecule has 6 nitrogen and oxygen atoms in total. The number of aromatic nitrogens is 1. The van der Waals surface area contributed by atoms with Crippen LogP contribution in [0.15, 0.2) is 22.7 Å². The van der Waals surface area contributed by atoms with Crippen LogP contribution in [0.3, 0.4) is 0 Å². The Labute approximate surface area is 185 Å². The SMILES string of the molecule is CC(C)(C)OC(=O)N1CCOC[C@@H]1COc1nc2cc(F)cc(Br)c2cc1I. The summed E-state index contributed by atoms with van der Waals surface area (Å²) in [6.07, 6.45) is -0.392. The molecule has 0 bridgehead atoms. The van der Waals surface area contributed by atoms with Crippen LogP contribution in [0.25, 0.3) is 10.9 Å². The summed E-state index contributed by atoms with van der Waals surface area (Å²) in [6.45, 7) is 6.92. The van der Waals surface area contributed by atoms with Gasteiger partial charge in [0, 0.05) is 22.5 Å². The molecule has 1 saturated heterocycles. The van der Waals surface area contributed by atoms with Gasteiger partial charge in [-0.05, 0) is 71.4 Å². The lowest BCUT2D eigenvalue weighted by Gasteiger charge is -2.36. The molecule has 1 aliphatic heterocycles. The molecule has 152 valence electrons. The number of halogens is 3. The summed E-state index contributed by atoms with van der Waals surface area (Å²) >= 11 is 5.48. The Balaban J connectivity index is 1.76. The summed E-state index contributed by atoms with van der Waals surface area (Å²) in [5.41, 5.74) is -0.0840. The summed E-state index contributed by atoms with van der Waals surface area (Å²) in [6, 6.07) is 4.35. The quantitative estimate of drug-likeness (QED) is 0.502. The third-order valence-electron chi connectivity index (χ3n) is 4.04. The van der Waals surface area contributed by atoms with Crippen LogP contribution in [0.4, 0.5) is 9.18 Å². The summed E-state index contributed by atoms with van der Waals surface area (Å²) in [4.78, 5) is 18.5. The Bertz CT molecular complexity index is 890. The van der Waals surface area contributed by atoms with Crippen molar-refractivity contribution >= 4 is 55.5 Å². The molecule has 9 heteroatoms. The number of fused-ring (bicyclic) bond motifs is 1. The summed E-state index contributed by atoms with van der Waals surface area (Å²) in [5.74, 6) is 0.0103. The van der Waals surface area contributed by atoms with Gasteiger partial charge in [0.25, 0.3) is 0 Å². The van der Waals surface area contributed by atoms with Crippen molar-refractivity contribution in [3.05, 3.63) is 32.1 Å². The number of pyridine rings is 1. The van der Waals surface area contributed by atoms with Crippen LogP contribution in [0.5, 0.6) is 5.88 Å². The van der Waals surface area contributed by atoms with Crippen molar-refractivity contribution in [3.8, 4) is 5.88 Å². The van der Waals surface area contributed by atoms with E-state index in [-0.39, 0.29) is 18.5 Å². The second-order valence-electron chi connectivity index (χ2n) is 7.44. The van der Waals surface area contributed by atoms with E-state index in [4.69, 9.17) is 14.2 Å². The first-order valence-electron chi connectivity index (χ1n) is 8.79. The van der Waals surface area contributed by atoms with E-state index in [1.54, 1.807) is 4.90 Å². The smallest absolute Gasteiger partial charge is 0.410 e. The maximum Gasteiger partial charge on any atom is 0.410 e. The molecule has 1 amide bonds. The Morgan fingerprint density at radius 1 is 1.43 bits per heavy atom. The van der Waals surface area contributed by atoms with E-state index in [2.05, 4.69) is 43.5 Å². The monoisotopic (exact) mass is 566 g/mol.